The molecule has 0 aliphatic carbocycles. The molecule has 0 aliphatic rings. The number of ether oxygens (including phenoxy) is 1. The number of hydrogen-bond acceptors (Lipinski definition) is 5. The minimum atomic E-state index is 0.500. The second-order valence-electron chi connectivity index (χ2n) is 4.55. The Balaban J connectivity index is 1.96. The SMILES string of the molecule is CCNCc1nc(COc2ccc(C)nc2CC)cs1. The van der Waals surface area contributed by atoms with Crippen LogP contribution in [0.2, 0.25) is 0 Å². The Kier molecular flexibility index (Phi) is 5.49. The van der Waals surface area contributed by atoms with Gasteiger partial charge in [-0.25, -0.2) is 4.98 Å². The first kappa shape index (κ1) is 14.9. The van der Waals surface area contributed by atoms with Crippen molar-refractivity contribution in [3.8, 4) is 5.75 Å². The molecule has 0 saturated heterocycles. The highest BCUT2D eigenvalue weighted by Gasteiger charge is 2.06. The summed E-state index contributed by atoms with van der Waals surface area (Å²) in [7, 11) is 0. The van der Waals surface area contributed by atoms with Crippen molar-refractivity contribution in [2.24, 2.45) is 0 Å². The number of aromatic nitrogens is 2. The molecule has 0 atom stereocenters. The van der Waals surface area contributed by atoms with E-state index >= 15 is 0 Å². The summed E-state index contributed by atoms with van der Waals surface area (Å²) in [5.74, 6) is 0.860. The Morgan fingerprint density at radius 3 is 2.85 bits per heavy atom. The van der Waals surface area contributed by atoms with E-state index in [1.807, 2.05) is 19.1 Å². The maximum absolute atomic E-state index is 5.85. The first-order valence-electron chi connectivity index (χ1n) is 6.96. The van der Waals surface area contributed by atoms with Crippen LogP contribution < -0.4 is 10.1 Å². The molecule has 0 radical (unpaired) electrons. The van der Waals surface area contributed by atoms with Crippen LogP contribution in [0, 0.1) is 6.92 Å². The summed E-state index contributed by atoms with van der Waals surface area (Å²) < 4.78 is 5.85. The van der Waals surface area contributed by atoms with Crippen LogP contribution in [0.1, 0.15) is 35.9 Å². The van der Waals surface area contributed by atoms with Gasteiger partial charge in [-0.15, -0.1) is 11.3 Å². The molecule has 0 bridgehead atoms. The first-order valence-corrected chi connectivity index (χ1v) is 7.84. The summed E-state index contributed by atoms with van der Waals surface area (Å²) in [6.45, 7) is 8.46. The molecule has 4 nitrogen and oxygen atoms in total. The minimum absolute atomic E-state index is 0.500. The number of nitrogens with one attached hydrogen (secondary N) is 1. The summed E-state index contributed by atoms with van der Waals surface area (Å²) >= 11 is 1.67. The van der Waals surface area contributed by atoms with Crippen LogP contribution in [0.4, 0.5) is 0 Å². The van der Waals surface area contributed by atoms with Crippen molar-refractivity contribution in [2.75, 3.05) is 6.54 Å². The molecule has 20 heavy (non-hydrogen) atoms. The summed E-state index contributed by atoms with van der Waals surface area (Å²) in [5, 5.41) is 6.43. The van der Waals surface area contributed by atoms with Gasteiger partial charge < -0.3 is 10.1 Å². The van der Waals surface area contributed by atoms with Crippen LogP contribution in [0.3, 0.4) is 0 Å². The second kappa shape index (κ2) is 7.36. The molecule has 2 rings (SSSR count). The van der Waals surface area contributed by atoms with Crippen molar-refractivity contribution < 1.29 is 4.74 Å². The van der Waals surface area contributed by atoms with E-state index in [0.717, 1.165) is 47.3 Å². The predicted molar refractivity (Wildman–Crippen MR) is 82.2 cm³/mol. The number of thiazole rings is 1. The van der Waals surface area contributed by atoms with Crippen molar-refractivity contribution in [2.45, 2.75) is 40.3 Å². The third-order valence-electron chi connectivity index (χ3n) is 2.91. The van der Waals surface area contributed by atoms with Gasteiger partial charge in [0.15, 0.2) is 0 Å². The van der Waals surface area contributed by atoms with Gasteiger partial charge >= 0.3 is 0 Å². The van der Waals surface area contributed by atoms with Gasteiger partial charge in [-0.3, -0.25) is 4.98 Å². The molecular weight excluding hydrogens is 270 g/mol. The molecule has 0 amide bonds. The number of aryl methyl sites for hydroxylation is 2. The van der Waals surface area contributed by atoms with Gasteiger partial charge in [-0.1, -0.05) is 13.8 Å². The van der Waals surface area contributed by atoms with Crippen LogP contribution in [0.15, 0.2) is 17.5 Å². The molecule has 0 spiro atoms. The molecule has 0 unspecified atom stereocenters. The molecule has 108 valence electrons. The van der Waals surface area contributed by atoms with E-state index in [9.17, 15) is 0 Å². The van der Waals surface area contributed by atoms with Gasteiger partial charge in [0.25, 0.3) is 0 Å². The molecule has 0 aromatic carbocycles. The lowest BCUT2D eigenvalue weighted by Gasteiger charge is -2.09. The highest BCUT2D eigenvalue weighted by atomic mass is 32.1. The Bertz CT molecular complexity index is 554. The summed E-state index contributed by atoms with van der Waals surface area (Å²) in [6, 6.07) is 3.97. The topological polar surface area (TPSA) is 47.0 Å². The van der Waals surface area contributed by atoms with Gasteiger partial charge in [0.05, 0.1) is 11.4 Å². The average molecular weight is 291 g/mol. The number of pyridine rings is 1. The van der Waals surface area contributed by atoms with Gasteiger partial charge in [0.2, 0.25) is 0 Å². The van der Waals surface area contributed by atoms with Crippen molar-refractivity contribution in [3.63, 3.8) is 0 Å². The Labute approximate surface area is 124 Å². The van der Waals surface area contributed by atoms with Gasteiger partial charge in [0, 0.05) is 17.6 Å². The van der Waals surface area contributed by atoms with Gasteiger partial charge in [-0.2, -0.15) is 0 Å². The van der Waals surface area contributed by atoms with E-state index in [2.05, 4.69) is 34.5 Å². The minimum Gasteiger partial charge on any atom is -0.485 e. The average Bonchev–Trinajstić information content (AvgIpc) is 2.91. The molecule has 2 aromatic heterocycles. The number of rotatable bonds is 7. The van der Waals surface area contributed by atoms with Crippen molar-refractivity contribution >= 4 is 11.3 Å². The summed E-state index contributed by atoms with van der Waals surface area (Å²) in [5.41, 5.74) is 3.01. The molecule has 2 aromatic rings. The third-order valence-corrected chi connectivity index (χ3v) is 3.81. The Hall–Kier alpha value is -1.46. The standard InChI is InChI=1S/C15H21N3OS/c1-4-13-14(7-6-11(3)17-13)19-9-12-10-20-15(18-12)8-16-5-2/h6-7,10,16H,4-5,8-9H2,1-3H3. The maximum Gasteiger partial charge on any atom is 0.141 e. The Morgan fingerprint density at radius 1 is 1.25 bits per heavy atom. The highest BCUT2D eigenvalue weighted by Crippen LogP contribution is 2.19. The second-order valence-corrected chi connectivity index (χ2v) is 5.50. The summed E-state index contributed by atoms with van der Waals surface area (Å²) in [6.07, 6.45) is 0.875. The molecule has 0 saturated carbocycles. The lowest BCUT2D eigenvalue weighted by atomic mass is 10.2. The van der Waals surface area contributed by atoms with Gasteiger partial charge in [0.1, 0.15) is 17.4 Å². The molecule has 5 heteroatoms. The van der Waals surface area contributed by atoms with Crippen LogP contribution in [0.5, 0.6) is 5.75 Å². The van der Waals surface area contributed by atoms with Crippen LogP contribution in [-0.4, -0.2) is 16.5 Å². The fourth-order valence-corrected chi connectivity index (χ4v) is 2.61. The normalized spacial score (nSPS) is 10.8. The summed E-state index contributed by atoms with van der Waals surface area (Å²) in [4.78, 5) is 9.04. The molecule has 2 heterocycles. The third kappa shape index (κ3) is 4.02. The fourth-order valence-electron chi connectivity index (χ4n) is 1.86. The number of nitrogens with zero attached hydrogens (tertiary/aromatic N) is 2. The lowest BCUT2D eigenvalue weighted by Crippen LogP contribution is -2.11. The number of hydrogen-bond donors (Lipinski definition) is 1. The highest BCUT2D eigenvalue weighted by molar-refractivity contribution is 7.09. The molecule has 0 aliphatic heterocycles. The van der Waals surface area contributed by atoms with E-state index in [4.69, 9.17) is 4.74 Å². The molecule has 1 N–H and O–H groups in total. The molecular formula is C15H21N3OS. The zero-order chi connectivity index (χ0) is 14.4. The van der Waals surface area contributed by atoms with E-state index in [1.165, 1.54) is 0 Å². The largest absolute Gasteiger partial charge is 0.485 e. The maximum atomic E-state index is 5.85. The zero-order valence-electron chi connectivity index (χ0n) is 12.3. The van der Waals surface area contributed by atoms with Crippen LogP contribution >= 0.6 is 11.3 Å². The van der Waals surface area contributed by atoms with Crippen LogP contribution in [-0.2, 0) is 19.6 Å². The van der Waals surface area contributed by atoms with Crippen molar-refractivity contribution in [3.05, 3.63) is 39.6 Å². The van der Waals surface area contributed by atoms with Crippen molar-refractivity contribution in [1.29, 1.82) is 0 Å². The quantitative estimate of drug-likeness (QED) is 0.851. The monoisotopic (exact) mass is 291 g/mol. The van der Waals surface area contributed by atoms with Gasteiger partial charge in [-0.05, 0) is 32.0 Å². The first-order chi connectivity index (χ1) is 9.72. The lowest BCUT2D eigenvalue weighted by molar-refractivity contribution is 0.297. The van der Waals surface area contributed by atoms with E-state index < -0.39 is 0 Å². The smallest absolute Gasteiger partial charge is 0.141 e. The Morgan fingerprint density at radius 2 is 2.10 bits per heavy atom. The van der Waals surface area contributed by atoms with Crippen LogP contribution in [0.25, 0.3) is 0 Å². The van der Waals surface area contributed by atoms with E-state index in [-0.39, 0.29) is 0 Å². The van der Waals surface area contributed by atoms with E-state index in [1.54, 1.807) is 11.3 Å². The van der Waals surface area contributed by atoms with E-state index in [0.29, 0.717) is 6.61 Å². The van der Waals surface area contributed by atoms with Crippen molar-refractivity contribution in [1.82, 2.24) is 15.3 Å². The fraction of sp³-hybridized carbons (Fsp3) is 0.467. The molecule has 0 fully saturated rings. The predicted octanol–water partition coefficient (Wildman–Crippen LogP) is 3.10. The zero-order valence-corrected chi connectivity index (χ0v) is 13.1.